The van der Waals surface area contributed by atoms with E-state index in [-0.39, 0.29) is 5.97 Å². The van der Waals surface area contributed by atoms with Gasteiger partial charge in [0.15, 0.2) is 5.13 Å². The number of allylic oxidation sites excluding steroid dienone is 1. The molecule has 1 aromatic rings. The highest BCUT2D eigenvalue weighted by Crippen LogP contribution is 2.23. The number of hydrogen-bond acceptors (Lipinski definition) is 5. The minimum atomic E-state index is -0.510. The second-order valence-electron chi connectivity index (χ2n) is 4.98. The largest absolute Gasteiger partial charge is 0.456 e. The first-order valence-electron chi connectivity index (χ1n) is 5.98. The molecule has 1 aromatic heterocycles. The number of carbonyl (C=O) groups is 1. The lowest BCUT2D eigenvalue weighted by molar-refractivity contribution is -0.147. The van der Waals surface area contributed by atoms with Crippen molar-refractivity contribution in [2.75, 3.05) is 5.73 Å². The van der Waals surface area contributed by atoms with E-state index in [2.05, 4.69) is 11.9 Å². The molecule has 0 saturated carbocycles. The number of anilines is 1. The van der Waals surface area contributed by atoms with Gasteiger partial charge in [0, 0.05) is 5.38 Å². The highest BCUT2D eigenvalue weighted by Gasteiger charge is 2.22. The van der Waals surface area contributed by atoms with Crippen molar-refractivity contribution in [2.24, 2.45) is 0 Å². The number of nitrogens with zero attached hydrogens (tertiary/aromatic N) is 1. The summed E-state index contributed by atoms with van der Waals surface area (Å²) in [5.41, 5.74) is 6.19. The molecule has 5 heteroatoms. The molecule has 0 atom stereocenters. The van der Waals surface area contributed by atoms with Gasteiger partial charge in [0.25, 0.3) is 0 Å². The van der Waals surface area contributed by atoms with E-state index in [4.69, 9.17) is 10.5 Å². The summed E-state index contributed by atoms with van der Waals surface area (Å²) in [5.74, 6) is -0.346. The molecule has 0 bridgehead atoms. The van der Waals surface area contributed by atoms with Gasteiger partial charge < -0.3 is 10.5 Å². The van der Waals surface area contributed by atoms with E-state index in [0.29, 0.717) is 16.4 Å². The number of nitrogen functional groups attached to an aromatic ring is 1. The Balaban J connectivity index is 2.96. The third-order valence-electron chi connectivity index (χ3n) is 2.05. The van der Waals surface area contributed by atoms with Gasteiger partial charge in [0.1, 0.15) is 5.60 Å². The maximum atomic E-state index is 12.1. The molecule has 2 N–H and O–H groups in total. The van der Waals surface area contributed by atoms with Gasteiger partial charge in [-0.25, -0.2) is 9.78 Å². The second-order valence-corrected chi connectivity index (χ2v) is 5.87. The SMILES string of the molecule is CCC/C=C(/C(=O)OC(C)(C)C)c1csc(N)n1. The minimum absolute atomic E-state index is 0.346. The van der Waals surface area contributed by atoms with Crippen LogP contribution in [-0.2, 0) is 9.53 Å². The molecule has 0 amide bonds. The Kier molecular flexibility index (Phi) is 4.90. The Morgan fingerprint density at radius 3 is 2.67 bits per heavy atom. The summed E-state index contributed by atoms with van der Waals surface area (Å²) in [6.45, 7) is 7.59. The van der Waals surface area contributed by atoms with Crippen molar-refractivity contribution in [2.45, 2.75) is 46.1 Å². The third kappa shape index (κ3) is 4.49. The minimum Gasteiger partial charge on any atom is -0.456 e. The first kappa shape index (κ1) is 14.7. The predicted octanol–water partition coefficient (Wildman–Crippen LogP) is 3.25. The summed E-state index contributed by atoms with van der Waals surface area (Å²) >= 11 is 1.32. The summed E-state index contributed by atoms with van der Waals surface area (Å²) in [5, 5.41) is 2.23. The van der Waals surface area contributed by atoms with Crippen LogP contribution in [0.2, 0.25) is 0 Å². The van der Waals surface area contributed by atoms with Crippen LogP contribution in [0.25, 0.3) is 5.57 Å². The molecule has 4 nitrogen and oxygen atoms in total. The smallest absolute Gasteiger partial charge is 0.340 e. The molecule has 18 heavy (non-hydrogen) atoms. The van der Waals surface area contributed by atoms with Gasteiger partial charge >= 0.3 is 5.97 Å². The topological polar surface area (TPSA) is 65.2 Å². The maximum Gasteiger partial charge on any atom is 0.340 e. The van der Waals surface area contributed by atoms with E-state index in [0.717, 1.165) is 12.8 Å². The van der Waals surface area contributed by atoms with Crippen LogP contribution >= 0.6 is 11.3 Å². The standard InChI is InChI=1S/C13H20N2O2S/c1-5-6-7-9(10-8-18-12(14)15-10)11(16)17-13(2,3)4/h7-8H,5-6H2,1-4H3,(H2,14,15)/b9-7+. The summed E-state index contributed by atoms with van der Waals surface area (Å²) in [6, 6.07) is 0. The molecular weight excluding hydrogens is 248 g/mol. The van der Waals surface area contributed by atoms with Crippen molar-refractivity contribution in [3.8, 4) is 0 Å². The highest BCUT2D eigenvalue weighted by atomic mass is 32.1. The van der Waals surface area contributed by atoms with E-state index in [9.17, 15) is 4.79 Å². The van der Waals surface area contributed by atoms with Crippen LogP contribution in [0.3, 0.4) is 0 Å². The molecule has 0 spiro atoms. The Bertz CT molecular complexity index is 444. The van der Waals surface area contributed by atoms with Crippen molar-refractivity contribution in [3.05, 3.63) is 17.2 Å². The number of rotatable bonds is 4. The fourth-order valence-corrected chi connectivity index (χ4v) is 1.89. The first-order chi connectivity index (χ1) is 8.33. The van der Waals surface area contributed by atoms with Gasteiger partial charge in [0.2, 0.25) is 0 Å². The quantitative estimate of drug-likeness (QED) is 0.672. The highest BCUT2D eigenvalue weighted by molar-refractivity contribution is 7.13. The molecule has 0 saturated heterocycles. The number of carbonyl (C=O) groups excluding carboxylic acids is 1. The van der Waals surface area contributed by atoms with E-state index in [1.54, 1.807) is 5.38 Å². The molecule has 0 radical (unpaired) electrons. The Morgan fingerprint density at radius 2 is 2.22 bits per heavy atom. The normalized spacial score (nSPS) is 12.6. The molecule has 1 rings (SSSR count). The zero-order valence-electron chi connectivity index (χ0n) is 11.3. The lowest BCUT2D eigenvalue weighted by Crippen LogP contribution is -2.24. The van der Waals surface area contributed by atoms with E-state index < -0.39 is 5.60 Å². The average molecular weight is 268 g/mol. The molecule has 0 aliphatic heterocycles. The molecule has 0 fully saturated rings. The Hall–Kier alpha value is -1.36. The molecule has 0 aliphatic carbocycles. The summed E-state index contributed by atoms with van der Waals surface area (Å²) < 4.78 is 5.38. The molecule has 0 aliphatic rings. The first-order valence-corrected chi connectivity index (χ1v) is 6.86. The second kappa shape index (κ2) is 6.00. The lowest BCUT2D eigenvalue weighted by Gasteiger charge is -2.20. The van der Waals surface area contributed by atoms with Crippen molar-refractivity contribution < 1.29 is 9.53 Å². The molecular formula is C13H20N2O2S. The van der Waals surface area contributed by atoms with Crippen LogP contribution < -0.4 is 5.73 Å². The average Bonchev–Trinajstić information content (AvgIpc) is 2.63. The Labute approximate surface area is 112 Å². The summed E-state index contributed by atoms with van der Waals surface area (Å²) in [7, 11) is 0. The van der Waals surface area contributed by atoms with Gasteiger partial charge in [-0.05, 0) is 27.2 Å². The summed E-state index contributed by atoms with van der Waals surface area (Å²) in [6.07, 6.45) is 3.64. The van der Waals surface area contributed by atoms with Crippen molar-refractivity contribution >= 4 is 28.0 Å². The lowest BCUT2D eigenvalue weighted by atomic mass is 10.1. The van der Waals surface area contributed by atoms with Gasteiger partial charge in [0.05, 0.1) is 11.3 Å². The van der Waals surface area contributed by atoms with E-state index in [1.807, 2.05) is 26.8 Å². The number of ether oxygens (including phenoxy) is 1. The van der Waals surface area contributed by atoms with E-state index >= 15 is 0 Å². The number of thiazole rings is 1. The van der Waals surface area contributed by atoms with Gasteiger partial charge in [-0.15, -0.1) is 11.3 Å². The number of nitrogens with two attached hydrogens (primary N) is 1. The van der Waals surface area contributed by atoms with Crippen molar-refractivity contribution in [1.29, 1.82) is 0 Å². The van der Waals surface area contributed by atoms with Crippen molar-refractivity contribution in [1.82, 2.24) is 4.98 Å². The van der Waals surface area contributed by atoms with Crippen LogP contribution in [0, 0.1) is 0 Å². The fourth-order valence-electron chi connectivity index (χ4n) is 1.33. The Morgan fingerprint density at radius 1 is 1.56 bits per heavy atom. The monoisotopic (exact) mass is 268 g/mol. The molecule has 100 valence electrons. The maximum absolute atomic E-state index is 12.1. The van der Waals surface area contributed by atoms with Gasteiger partial charge in [-0.3, -0.25) is 0 Å². The van der Waals surface area contributed by atoms with Crippen LogP contribution in [-0.4, -0.2) is 16.6 Å². The number of aromatic nitrogens is 1. The summed E-state index contributed by atoms with van der Waals surface area (Å²) in [4.78, 5) is 16.2. The van der Waals surface area contributed by atoms with Crippen molar-refractivity contribution in [3.63, 3.8) is 0 Å². The molecule has 1 heterocycles. The predicted molar refractivity (Wildman–Crippen MR) is 75.3 cm³/mol. The van der Waals surface area contributed by atoms with Crippen LogP contribution in [0.5, 0.6) is 0 Å². The third-order valence-corrected chi connectivity index (χ3v) is 2.73. The fraction of sp³-hybridized carbons (Fsp3) is 0.538. The van der Waals surface area contributed by atoms with Crippen LogP contribution in [0.4, 0.5) is 5.13 Å². The van der Waals surface area contributed by atoms with Crippen LogP contribution in [0.1, 0.15) is 46.2 Å². The number of unbranched alkanes of at least 4 members (excludes halogenated alkanes) is 1. The van der Waals surface area contributed by atoms with Gasteiger partial charge in [-0.2, -0.15) is 0 Å². The van der Waals surface area contributed by atoms with E-state index in [1.165, 1.54) is 11.3 Å². The van der Waals surface area contributed by atoms with Crippen LogP contribution in [0.15, 0.2) is 11.5 Å². The number of hydrogen-bond donors (Lipinski definition) is 1. The molecule has 0 aromatic carbocycles. The number of esters is 1. The zero-order valence-corrected chi connectivity index (χ0v) is 12.1. The zero-order chi connectivity index (χ0) is 13.8. The van der Waals surface area contributed by atoms with Gasteiger partial charge in [-0.1, -0.05) is 19.4 Å². The molecule has 0 unspecified atom stereocenters.